The number of amides is 1. The molecule has 1 amide bonds. The molecule has 2 aliphatic heterocycles. The van der Waals surface area contributed by atoms with E-state index in [1.165, 1.54) is 0 Å². The molecule has 0 spiro atoms. The molecule has 128 valence electrons. The second-order valence-corrected chi connectivity index (χ2v) is 8.57. The van der Waals surface area contributed by atoms with Crippen LogP contribution >= 0.6 is 28.3 Å². The number of nitrogens with one attached hydrogen (secondary N) is 1. The van der Waals surface area contributed by atoms with E-state index in [2.05, 4.69) is 21.2 Å². The highest BCUT2D eigenvalue weighted by molar-refractivity contribution is 9.10. The first kappa shape index (κ1) is 18.9. The summed E-state index contributed by atoms with van der Waals surface area (Å²) in [5, 5.41) is 3.38. The summed E-state index contributed by atoms with van der Waals surface area (Å²) in [6.07, 6.45) is 1.20. The van der Waals surface area contributed by atoms with Gasteiger partial charge in [0, 0.05) is 47.7 Å². The minimum Gasteiger partial charge on any atom is -0.342 e. The third kappa shape index (κ3) is 4.78. The third-order valence-electron chi connectivity index (χ3n) is 4.54. The van der Waals surface area contributed by atoms with Crippen LogP contribution in [0.4, 0.5) is 0 Å². The molecule has 3 atom stereocenters. The first-order valence-electron chi connectivity index (χ1n) is 7.76. The zero-order chi connectivity index (χ0) is 15.5. The Morgan fingerprint density at radius 1 is 1.22 bits per heavy atom. The molecule has 2 aliphatic rings. The molecule has 1 aromatic carbocycles. The molecule has 0 aromatic heterocycles. The fourth-order valence-electron chi connectivity index (χ4n) is 3.28. The molecular weight excluding hydrogens is 400 g/mol. The normalized spacial score (nSPS) is 24.1. The van der Waals surface area contributed by atoms with Gasteiger partial charge in [0.05, 0.1) is 10.8 Å². The van der Waals surface area contributed by atoms with E-state index in [0.29, 0.717) is 30.4 Å². The number of halogens is 2. The molecule has 2 heterocycles. The zero-order valence-corrected chi connectivity index (χ0v) is 16.1. The van der Waals surface area contributed by atoms with Gasteiger partial charge in [-0.3, -0.25) is 9.00 Å². The lowest BCUT2D eigenvalue weighted by atomic mass is 10.0. The topological polar surface area (TPSA) is 49.4 Å². The molecule has 0 bridgehead atoms. The number of likely N-dealkylation sites (tertiary alicyclic amines) is 1. The maximum Gasteiger partial charge on any atom is 0.222 e. The van der Waals surface area contributed by atoms with Crippen molar-refractivity contribution in [3.63, 3.8) is 0 Å². The van der Waals surface area contributed by atoms with Crippen LogP contribution in [-0.2, 0) is 15.6 Å². The predicted octanol–water partition coefficient (Wildman–Crippen LogP) is 2.44. The van der Waals surface area contributed by atoms with Crippen molar-refractivity contribution in [3.05, 3.63) is 28.7 Å². The van der Waals surface area contributed by atoms with Crippen LogP contribution in [0.2, 0.25) is 0 Å². The third-order valence-corrected chi connectivity index (χ3v) is 6.53. The van der Waals surface area contributed by atoms with Crippen molar-refractivity contribution in [2.75, 3.05) is 31.9 Å². The molecule has 1 unspecified atom stereocenters. The summed E-state index contributed by atoms with van der Waals surface area (Å²) in [7, 11) is -1.02. The zero-order valence-electron chi connectivity index (χ0n) is 12.9. The van der Waals surface area contributed by atoms with Gasteiger partial charge in [-0.05, 0) is 42.5 Å². The number of fused-ring (bicyclic) bond motifs is 1. The first-order valence-corrected chi connectivity index (χ1v) is 9.87. The first-order chi connectivity index (χ1) is 10.6. The summed E-state index contributed by atoms with van der Waals surface area (Å²) in [6, 6.07) is 7.54. The van der Waals surface area contributed by atoms with Crippen LogP contribution in [0.25, 0.3) is 0 Å². The quantitative estimate of drug-likeness (QED) is 0.794. The molecule has 0 aliphatic carbocycles. The summed E-state index contributed by atoms with van der Waals surface area (Å²) in [6.45, 7) is 3.88. The fraction of sp³-hybridized carbons (Fsp3) is 0.562. The van der Waals surface area contributed by atoms with Crippen LogP contribution in [-0.4, -0.2) is 46.9 Å². The molecule has 1 N–H and O–H groups in total. The van der Waals surface area contributed by atoms with Crippen LogP contribution in [0.3, 0.4) is 0 Å². The maximum atomic E-state index is 12.2. The monoisotopic (exact) mass is 420 g/mol. The Labute approximate surface area is 154 Å². The van der Waals surface area contributed by atoms with Gasteiger partial charge in [0.15, 0.2) is 0 Å². The van der Waals surface area contributed by atoms with Crippen LogP contribution in [0.1, 0.15) is 12.8 Å². The highest BCUT2D eigenvalue weighted by Crippen LogP contribution is 2.26. The minimum atomic E-state index is -1.02. The van der Waals surface area contributed by atoms with E-state index in [1.807, 2.05) is 29.2 Å². The maximum absolute atomic E-state index is 12.2. The van der Waals surface area contributed by atoms with Crippen molar-refractivity contribution in [3.8, 4) is 0 Å². The van der Waals surface area contributed by atoms with Crippen LogP contribution in [0.15, 0.2) is 33.6 Å². The lowest BCUT2D eigenvalue weighted by molar-refractivity contribution is -0.130. The summed E-state index contributed by atoms with van der Waals surface area (Å²) < 4.78 is 13.2. The molecule has 0 radical (unpaired) electrons. The van der Waals surface area contributed by atoms with E-state index in [1.54, 1.807) is 0 Å². The Morgan fingerprint density at radius 3 is 2.43 bits per heavy atom. The van der Waals surface area contributed by atoms with Crippen molar-refractivity contribution in [1.82, 2.24) is 10.2 Å². The van der Waals surface area contributed by atoms with E-state index in [0.717, 1.165) is 35.5 Å². The van der Waals surface area contributed by atoms with Gasteiger partial charge in [-0.15, -0.1) is 12.4 Å². The van der Waals surface area contributed by atoms with Gasteiger partial charge in [-0.2, -0.15) is 0 Å². The summed E-state index contributed by atoms with van der Waals surface area (Å²) >= 11 is 3.37. The largest absolute Gasteiger partial charge is 0.342 e. The van der Waals surface area contributed by atoms with Gasteiger partial charge in [0.25, 0.3) is 0 Å². The number of hydrogen-bond donors (Lipinski definition) is 1. The highest BCUT2D eigenvalue weighted by Gasteiger charge is 2.37. The average Bonchev–Trinajstić information content (AvgIpc) is 3.09. The van der Waals surface area contributed by atoms with Gasteiger partial charge in [-0.25, -0.2) is 0 Å². The molecule has 2 fully saturated rings. The number of rotatable bonds is 5. The van der Waals surface area contributed by atoms with Gasteiger partial charge < -0.3 is 10.2 Å². The molecule has 0 saturated carbocycles. The van der Waals surface area contributed by atoms with Gasteiger partial charge in [-0.1, -0.05) is 15.9 Å². The van der Waals surface area contributed by atoms with E-state index < -0.39 is 10.8 Å². The summed E-state index contributed by atoms with van der Waals surface area (Å²) in [4.78, 5) is 15.1. The number of carbonyl (C=O) groups excluding carboxylic acids is 1. The lowest BCUT2D eigenvalue weighted by Crippen LogP contribution is -2.31. The van der Waals surface area contributed by atoms with Crippen LogP contribution in [0, 0.1) is 11.8 Å². The Kier molecular flexibility index (Phi) is 7.07. The molecule has 3 rings (SSSR count). The number of nitrogens with zero attached hydrogens (tertiary/aromatic N) is 1. The SMILES string of the molecule is Cl.O=C(CCCS(=O)c1ccc(Br)cc1)N1C[C@H]2CNC[C@H]2C1. The van der Waals surface area contributed by atoms with Gasteiger partial charge in [0.1, 0.15) is 0 Å². The average molecular weight is 422 g/mol. The Hall–Kier alpha value is -0.430. The lowest BCUT2D eigenvalue weighted by Gasteiger charge is -2.17. The Morgan fingerprint density at radius 2 is 1.83 bits per heavy atom. The molecule has 4 nitrogen and oxygen atoms in total. The Bertz CT molecular complexity index is 558. The van der Waals surface area contributed by atoms with E-state index in [4.69, 9.17) is 0 Å². The molecule has 1 aromatic rings. The smallest absolute Gasteiger partial charge is 0.222 e. The molecule has 2 saturated heterocycles. The van der Waals surface area contributed by atoms with E-state index in [9.17, 15) is 9.00 Å². The van der Waals surface area contributed by atoms with E-state index in [-0.39, 0.29) is 18.3 Å². The number of carbonyl (C=O) groups is 1. The number of benzene rings is 1. The predicted molar refractivity (Wildman–Crippen MR) is 98.3 cm³/mol. The van der Waals surface area contributed by atoms with Crippen molar-refractivity contribution in [2.24, 2.45) is 11.8 Å². The number of hydrogen-bond acceptors (Lipinski definition) is 3. The second kappa shape index (κ2) is 8.60. The van der Waals surface area contributed by atoms with Crippen molar-refractivity contribution >= 4 is 45.0 Å². The molecule has 7 heteroatoms. The highest BCUT2D eigenvalue weighted by atomic mass is 79.9. The van der Waals surface area contributed by atoms with E-state index >= 15 is 0 Å². The molecular formula is C16H22BrClN2O2S. The summed E-state index contributed by atoms with van der Waals surface area (Å²) in [5.41, 5.74) is 0. The Balaban J connectivity index is 0.00000192. The molecule has 23 heavy (non-hydrogen) atoms. The van der Waals surface area contributed by atoms with Crippen LogP contribution in [0.5, 0.6) is 0 Å². The van der Waals surface area contributed by atoms with Gasteiger partial charge in [0.2, 0.25) is 5.91 Å². The van der Waals surface area contributed by atoms with Gasteiger partial charge >= 0.3 is 0 Å². The standard InChI is InChI=1S/C16H21BrN2O2S.ClH/c17-14-3-5-15(6-4-14)22(21)7-1-2-16(20)19-10-12-8-18-9-13(12)11-19;/h3-6,12-13,18H,1-2,7-11H2;1H/t12-,13+,22?;. The van der Waals surface area contributed by atoms with Crippen molar-refractivity contribution in [1.29, 1.82) is 0 Å². The minimum absolute atomic E-state index is 0. The van der Waals surface area contributed by atoms with Crippen molar-refractivity contribution < 1.29 is 9.00 Å². The van der Waals surface area contributed by atoms with Crippen molar-refractivity contribution in [2.45, 2.75) is 17.7 Å². The fourth-order valence-corrected chi connectivity index (χ4v) is 4.62. The summed E-state index contributed by atoms with van der Waals surface area (Å²) in [5.74, 6) is 2.05. The second-order valence-electron chi connectivity index (χ2n) is 6.08. The van der Waals surface area contributed by atoms with Crippen LogP contribution < -0.4 is 5.32 Å².